The predicted octanol–water partition coefficient (Wildman–Crippen LogP) is 5.17. The van der Waals surface area contributed by atoms with E-state index in [0.717, 1.165) is 34.6 Å². The van der Waals surface area contributed by atoms with E-state index in [0.29, 0.717) is 13.2 Å². The number of hydrogen-bond donors (Lipinski definition) is 1. The second-order valence-corrected chi connectivity index (χ2v) is 7.95. The number of amides is 1. The third-order valence-electron chi connectivity index (χ3n) is 5.95. The minimum atomic E-state index is -0.874. The molecule has 5 nitrogen and oxygen atoms in total. The highest BCUT2D eigenvalue weighted by Crippen LogP contribution is 2.41. The normalized spacial score (nSPS) is 12.1. The van der Waals surface area contributed by atoms with Crippen LogP contribution in [0, 0.1) is 5.92 Å². The Labute approximate surface area is 196 Å². The van der Waals surface area contributed by atoms with E-state index in [1.807, 2.05) is 80.6 Å². The lowest BCUT2D eigenvalue weighted by Crippen LogP contribution is -2.37. The zero-order valence-corrected chi connectivity index (χ0v) is 19.8. The van der Waals surface area contributed by atoms with Crippen LogP contribution in [0.4, 0.5) is 0 Å². The van der Waals surface area contributed by atoms with Crippen LogP contribution in [0.15, 0.2) is 78.9 Å². The van der Waals surface area contributed by atoms with Gasteiger partial charge in [0, 0.05) is 12.5 Å². The van der Waals surface area contributed by atoms with Crippen molar-refractivity contribution in [2.75, 3.05) is 27.4 Å². The smallest absolute Gasteiger partial charge is 0.222 e. The van der Waals surface area contributed by atoms with Crippen molar-refractivity contribution in [3.05, 3.63) is 95.6 Å². The van der Waals surface area contributed by atoms with E-state index < -0.39 is 5.60 Å². The Morgan fingerprint density at radius 2 is 1.30 bits per heavy atom. The van der Waals surface area contributed by atoms with Crippen molar-refractivity contribution in [1.82, 2.24) is 5.32 Å². The van der Waals surface area contributed by atoms with Crippen LogP contribution in [0.25, 0.3) is 0 Å². The van der Waals surface area contributed by atoms with E-state index >= 15 is 0 Å². The number of nitrogens with one attached hydrogen (secondary N) is 1. The van der Waals surface area contributed by atoms with Crippen molar-refractivity contribution in [1.29, 1.82) is 0 Å². The molecule has 3 aromatic carbocycles. The second-order valence-electron chi connectivity index (χ2n) is 7.95. The number of carbonyl (C=O) groups excluding carboxylic acids is 1. The summed E-state index contributed by atoms with van der Waals surface area (Å²) in [6.45, 7) is 4.70. The van der Waals surface area contributed by atoms with Crippen molar-refractivity contribution in [3.8, 4) is 11.5 Å². The lowest BCUT2D eigenvalue weighted by atomic mass is 9.80. The van der Waals surface area contributed by atoms with Crippen molar-refractivity contribution < 1.29 is 19.0 Å². The maximum atomic E-state index is 12.3. The van der Waals surface area contributed by atoms with Gasteiger partial charge in [-0.3, -0.25) is 4.79 Å². The van der Waals surface area contributed by atoms with E-state index in [4.69, 9.17) is 14.2 Å². The van der Waals surface area contributed by atoms with Gasteiger partial charge in [0.05, 0.1) is 20.8 Å². The topological polar surface area (TPSA) is 56.8 Å². The molecule has 0 bridgehead atoms. The van der Waals surface area contributed by atoms with E-state index in [9.17, 15) is 4.79 Å². The molecule has 0 aromatic heterocycles. The Kier molecular flexibility index (Phi) is 8.50. The van der Waals surface area contributed by atoms with Gasteiger partial charge in [0.2, 0.25) is 5.91 Å². The SMILES string of the molecule is CCC(C)C(=O)NCCOC(c1ccccc1)(c1ccc(OC)cc1)c1ccc(OC)cc1. The maximum Gasteiger partial charge on any atom is 0.222 e. The third-order valence-corrected chi connectivity index (χ3v) is 5.95. The summed E-state index contributed by atoms with van der Waals surface area (Å²) in [4.78, 5) is 12.3. The lowest BCUT2D eigenvalue weighted by molar-refractivity contribution is -0.125. The molecule has 0 saturated carbocycles. The van der Waals surface area contributed by atoms with Crippen LogP contribution in [-0.2, 0) is 15.1 Å². The molecule has 3 aromatic rings. The van der Waals surface area contributed by atoms with Gasteiger partial charge >= 0.3 is 0 Å². The predicted molar refractivity (Wildman–Crippen MR) is 131 cm³/mol. The van der Waals surface area contributed by atoms with Crippen LogP contribution in [0.5, 0.6) is 11.5 Å². The van der Waals surface area contributed by atoms with Crippen LogP contribution < -0.4 is 14.8 Å². The monoisotopic (exact) mass is 447 g/mol. The van der Waals surface area contributed by atoms with Gasteiger partial charge in [-0.15, -0.1) is 0 Å². The first-order valence-electron chi connectivity index (χ1n) is 11.3. The highest BCUT2D eigenvalue weighted by Gasteiger charge is 2.37. The minimum absolute atomic E-state index is 0.0212. The van der Waals surface area contributed by atoms with Gasteiger partial charge < -0.3 is 19.5 Å². The molecule has 0 radical (unpaired) electrons. The van der Waals surface area contributed by atoms with Crippen molar-refractivity contribution in [2.45, 2.75) is 25.9 Å². The third kappa shape index (κ3) is 5.55. The first kappa shape index (κ1) is 24.3. The van der Waals surface area contributed by atoms with E-state index in [1.54, 1.807) is 14.2 Å². The highest BCUT2D eigenvalue weighted by molar-refractivity contribution is 5.78. The molecule has 0 spiro atoms. The van der Waals surface area contributed by atoms with Gasteiger partial charge in [-0.05, 0) is 47.4 Å². The zero-order chi connectivity index (χ0) is 23.7. The number of carbonyl (C=O) groups is 1. The Morgan fingerprint density at radius 3 is 1.76 bits per heavy atom. The van der Waals surface area contributed by atoms with Crippen LogP contribution in [0.2, 0.25) is 0 Å². The molecule has 5 heteroatoms. The Hall–Kier alpha value is -3.31. The number of rotatable bonds is 11. The Morgan fingerprint density at radius 1 is 0.818 bits per heavy atom. The summed E-state index contributed by atoms with van der Waals surface area (Å²) in [7, 11) is 3.30. The van der Waals surface area contributed by atoms with Gasteiger partial charge in [0.1, 0.15) is 17.1 Å². The molecule has 1 N–H and O–H groups in total. The molecule has 0 aliphatic rings. The summed E-state index contributed by atoms with van der Waals surface area (Å²) >= 11 is 0. The summed E-state index contributed by atoms with van der Waals surface area (Å²) in [6, 6.07) is 25.9. The fourth-order valence-corrected chi connectivity index (χ4v) is 3.81. The van der Waals surface area contributed by atoms with Gasteiger partial charge in [0.15, 0.2) is 0 Å². The van der Waals surface area contributed by atoms with E-state index in [2.05, 4.69) is 17.4 Å². The number of hydrogen-bond acceptors (Lipinski definition) is 4. The van der Waals surface area contributed by atoms with Crippen molar-refractivity contribution >= 4 is 5.91 Å². The molecule has 1 unspecified atom stereocenters. The first-order valence-corrected chi connectivity index (χ1v) is 11.3. The summed E-state index contributed by atoms with van der Waals surface area (Å²) in [6.07, 6.45) is 0.804. The quantitative estimate of drug-likeness (QED) is 0.325. The molecular weight excluding hydrogens is 414 g/mol. The molecule has 0 saturated heterocycles. The molecule has 0 aliphatic carbocycles. The number of benzene rings is 3. The van der Waals surface area contributed by atoms with Gasteiger partial charge in [-0.1, -0.05) is 68.4 Å². The Bertz CT molecular complexity index is 953. The standard InChI is InChI=1S/C28H33NO4/c1-5-21(2)27(30)29-19-20-33-28(22-9-7-6-8-10-22,23-11-15-25(31-3)16-12-23)24-13-17-26(32-4)18-14-24/h6-18,21H,5,19-20H2,1-4H3,(H,29,30). The fraction of sp³-hybridized carbons (Fsp3) is 0.321. The molecule has 1 amide bonds. The van der Waals surface area contributed by atoms with E-state index in [1.165, 1.54) is 0 Å². The highest BCUT2D eigenvalue weighted by atomic mass is 16.5. The summed E-state index contributed by atoms with van der Waals surface area (Å²) in [5.74, 6) is 1.57. The van der Waals surface area contributed by atoms with Crippen LogP contribution >= 0.6 is 0 Å². The molecular formula is C28H33NO4. The molecule has 1 atom stereocenters. The molecule has 174 valence electrons. The lowest BCUT2D eigenvalue weighted by Gasteiger charge is -2.36. The fourth-order valence-electron chi connectivity index (χ4n) is 3.81. The molecule has 0 heterocycles. The van der Waals surface area contributed by atoms with Gasteiger partial charge in [-0.2, -0.15) is 0 Å². The minimum Gasteiger partial charge on any atom is -0.497 e. The van der Waals surface area contributed by atoms with Gasteiger partial charge in [0.25, 0.3) is 0 Å². The first-order chi connectivity index (χ1) is 16.0. The summed E-state index contributed by atoms with van der Waals surface area (Å²) in [5.41, 5.74) is 2.05. The largest absolute Gasteiger partial charge is 0.497 e. The van der Waals surface area contributed by atoms with Gasteiger partial charge in [-0.25, -0.2) is 0 Å². The zero-order valence-electron chi connectivity index (χ0n) is 19.8. The average Bonchev–Trinajstić information content (AvgIpc) is 2.89. The number of methoxy groups -OCH3 is 2. The molecule has 0 fully saturated rings. The second kappa shape index (κ2) is 11.5. The van der Waals surface area contributed by atoms with Crippen LogP contribution in [0.1, 0.15) is 37.0 Å². The number of ether oxygens (including phenoxy) is 3. The van der Waals surface area contributed by atoms with Crippen molar-refractivity contribution in [2.24, 2.45) is 5.92 Å². The molecule has 0 aliphatic heterocycles. The average molecular weight is 448 g/mol. The van der Waals surface area contributed by atoms with Crippen LogP contribution in [0.3, 0.4) is 0 Å². The molecule has 3 rings (SSSR count). The summed E-state index contributed by atoms with van der Waals surface area (Å²) in [5, 5.41) is 2.99. The van der Waals surface area contributed by atoms with Crippen LogP contribution in [-0.4, -0.2) is 33.3 Å². The molecule has 33 heavy (non-hydrogen) atoms. The Balaban J connectivity index is 2.03. The summed E-state index contributed by atoms with van der Waals surface area (Å²) < 4.78 is 17.5. The maximum absolute atomic E-state index is 12.3. The van der Waals surface area contributed by atoms with E-state index in [-0.39, 0.29) is 11.8 Å². The van der Waals surface area contributed by atoms with Crippen molar-refractivity contribution in [3.63, 3.8) is 0 Å².